The summed E-state index contributed by atoms with van der Waals surface area (Å²) in [5.41, 5.74) is 0. The fourth-order valence-corrected chi connectivity index (χ4v) is 4.64. The van der Waals surface area contributed by atoms with E-state index in [2.05, 4.69) is 38.3 Å². The summed E-state index contributed by atoms with van der Waals surface area (Å²) in [6.07, 6.45) is 15.6. The smallest absolute Gasteiger partial charge is 0.00697 e. The molecule has 0 spiro atoms. The molecular weight excluding hydrogens is 280 g/mol. The zero-order valence-electron chi connectivity index (χ0n) is 16.2. The van der Waals surface area contributed by atoms with Gasteiger partial charge in [0.1, 0.15) is 0 Å². The van der Waals surface area contributed by atoms with E-state index in [4.69, 9.17) is 0 Å². The lowest BCUT2D eigenvalue weighted by Crippen LogP contribution is -2.40. The molecule has 0 aromatic carbocycles. The molecule has 2 heteroatoms. The van der Waals surface area contributed by atoms with Gasteiger partial charge in [-0.2, -0.15) is 0 Å². The Hall–Kier alpha value is -0.0800. The fourth-order valence-electron chi connectivity index (χ4n) is 4.64. The Bertz CT molecular complexity index is 271. The summed E-state index contributed by atoms with van der Waals surface area (Å²) < 4.78 is 0. The van der Waals surface area contributed by atoms with E-state index in [1.807, 2.05) is 0 Å². The minimum atomic E-state index is 0.699. The zero-order valence-corrected chi connectivity index (χ0v) is 16.2. The average Bonchev–Trinajstić information content (AvgIpc) is 2.58. The van der Waals surface area contributed by atoms with E-state index in [1.54, 1.807) is 0 Å². The van der Waals surface area contributed by atoms with E-state index in [0.29, 0.717) is 12.1 Å². The maximum atomic E-state index is 3.81. The predicted octanol–water partition coefficient (Wildman–Crippen LogP) is 5.27. The van der Waals surface area contributed by atoms with Crippen molar-refractivity contribution in [2.75, 3.05) is 0 Å². The second kappa shape index (κ2) is 10.0. The Morgan fingerprint density at radius 3 is 1.30 bits per heavy atom. The van der Waals surface area contributed by atoms with E-state index in [1.165, 1.54) is 70.6 Å². The van der Waals surface area contributed by atoms with E-state index < -0.39 is 0 Å². The monoisotopic (exact) mass is 322 g/mol. The maximum absolute atomic E-state index is 3.81. The van der Waals surface area contributed by atoms with Crippen molar-refractivity contribution in [3.05, 3.63) is 0 Å². The van der Waals surface area contributed by atoms with E-state index in [-0.39, 0.29) is 0 Å². The summed E-state index contributed by atoms with van der Waals surface area (Å²) in [6, 6.07) is 3.00. The SMILES string of the molecule is CCC(C)NC1CCC(CC2CCC(NC(C)CC)CC2)CC1. The van der Waals surface area contributed by atoms with E-state index in [0.717, 1.165) is 23.9 Å². The predicted molar refractivity (Wildman–Crippen MR) is 102 cm³/mol. The molecular formula is C21H42N2. The van der Waals surface area contributed by atoms with Crippen LogP contribution in [-0.4, -0.2) is 24.2 Å². The molecule has 0 heterocycles. The molecule has 0 aliphatic heterocycles. The van der Waals surface area contributed by atoms with Crippen LogP contribution in [0, 0.1) is 11.8 Å². The molecule has 0 aromatic rings. The second-order valence-corrected chi connectivity index (χ2v) is 8.62. The lowest BCUT2D eigenvalue weighted by molar-refractivity contribution is 0.199. The van der Waals surface area contributed by atoms with Gasteiger partial charge in [-0.1, -0.05) is 13.8 Å². The van der Waals surface area contributed by atoms with Gasteiger partial charge in [-0.3, -0.25) is 0 Å². The van der Waals surface area contributed by atoms with Gasteiger partial charge in [0.25, 0.3) is 0 Å². The minimum Gasteiger partial charge on any atom is -0.312 e. The molecule has 2 nitrogen and oxygen atoms in total. The van der Waals surface area contributed by atoms with Crippen molar-refractivity contribution in [3.8, 4) is 0 Å². The fraction of sp³-hybridized carbons (Fsp3) is 1.00. The topological polar surface area (TPSA) is 24.1 Å². The van der Waals surface area contributed by atoms with Crippen LogP contribution in [0.5, 0.6) is 0 Å². The van der Waals surface area contributed by atoms with Gasteiger partial charge in [-0.15, -0.1) is 0 Å². The lowest BCUT2D eigenvalue weighted by atomic mass is 9.75. The third-order valence-corrected chi connectivity index (χ3v) is 6.63. The molecule has 23 heavy (non-hydrogen) atoms. The van der Waals surface area contributed by atoms with Crippen LogP contribution in [0.2, 0.25) is 0 Å². The Balaban J connectivity index is 1.60. The van der Waals surface area contributed by atoms with Crippen molar-refractivity contribution < 1.29 is 0 Å². The number of hydrogen-bond acceptors (Lipinski definition) is 2. The first-order chi connectivity index (χ1) is 11.1. The molecule has 2 rings (SSSR count). The summed E-state index contributed by atoms with van der Waals surface area (Å²) in [4.78, 5) is 0. The lowest BCUT2D eigenvalue weighted by Gasteiger charge is -2.36. The van der Waals surface area contributed by atoms with Crippen LogP contribution in [0.25, 0.3) is 0 Å². The van der Waals surface area contributed by atoms with Crippen molar-refractivity contribution in [1.29, 1.82) is 0 Å². The van der Waals surface area contributed by atoms with Crippen molar-refractivity contribution in [2.45, 2.75) is 122 Å². The van der Waals surface area contributed by atoms with Gasteiger partial charge in [0.15, 0.2) is 0 Å². The molecule has 0 aromatic heterocycles. The molecule has 2 aliphatic rings. The van der Waals surface area contributed by atoms with Crippen LogP contribution < -0.4 is 10.6 Å². The van der Waals surface area contributed by atoms with Gasteiger partial charge in [-0.05, 0) is 96.3 Å². The minimum absolute atomic E-state index is 0.699. The van der Waals surface area contributed by atoms with Gasteiger partial charge in [-0.25, -0.2) is 0 Å². The summed E-state index contributed by atoms with van der Waals surface area (Å²) in [7, 11) is 0. The Kier molecular flexibility index (Phi) is 8.40. The summed E-state index contributed by atoms with van der Waals surface area (Å²) in [5, 5.41) is 7.63. The third kappa shape index (κ3) is 6.74. The van der Waals surface area contributed by atoms with Gasteiger partial charge in [0, 0.05) is 24.2 Å². The Labute approximate surface area is 145 Å². The van der Waals surface area contributed by atoms with Crippen LogP contribution in [-0.2, 0) is 0 Å². The summed E-state index contributed by atoms with van der Waals surface area (Å²) in [6.45, 7) is 9.24. The molecule has 2 saturated carbocycles. The first kappa shape index (κ1) is 19.2. The third-order valence-electron chi connectivity index (χ3n) is 6.63. The molecule has 2 N–H and O–H groups in total. The standard InChI is InChI=1S/C21H42N2/c1-5-16(3)22-20-11-7-18(8-12-20)15-19-9-13-21(14-10-19)23-17(4)6-2/h16-23H,5-15H2,1-4H3. The highest BCUT2D eigenvalue weighted by atomic mass is 14.9. The molecule has 0 bridgehead atoms. The van der Waals surface area contributed by atoms with Crippen molar-refractivity contribution in [3.63, 3.8) is 0 Å². The van der Waals surface area contributed by atoms with Gasteiger partial charge >= 0.3 is 0 Å². The van der Waals surface area contributed by atoms with Crippen molar-refractivity contribution >= 4 is 0 Å². The van der Waals surface area contributed by atoms with Crippen LogP contribution in [0.15, 0.2) is 0 Å². The highest BCUT2D eigenvalue weighted by Crippen LogP contribution is 2.35. The van der Waals surface area contributed by atoms with Gasteiger partial charge in [0.2, 0.25) is 0 Å². The Morgan fingerprint density at radius 1 is 0.652 bits per heavy atom. The Morgan fingerprint density at radius 2 is 1.00 bits per heavy atom. The van der Waals surface area contributed by atoms with Crippen molar-refractivity contribution in [1.82, 2.24) is 10.6 Å². The first-order valence-corrected chi connectivity index (χ1v) is 10.6. The molecule has 0 saturated heterocycles. The summed E-state index contributed by atoms with van der Waals surface area (Å²) >= 11 is 0. The number of nitrogens with one attached hydrogen (secondary N) is 2. The normalized spacial score (nSPS) is 35.0. The largest absolute Gasteiger partial charge is 0.312 e. The zero-order chi connectivity index (χ0) is 16.7. The van der Waals surface area contributed by atoms with Gasteiger partial charge in [0.05, 0.1) is 0 Å². The van der Waals surface area contributed by atoms with Crippen LogP contribution in [0.1, 0.15) is 98.3 Å². The quantitative estimate of drug-likeness (QED) is 0.636. The molecule has 2 aliphatic carbocycles. The molecule has 0 amide bonds. The number of rotatable bonds is 8. The van der Waals surface area contributed by atoms with Crippen molar-refractivity contribution in [2.24, 2.45) is 11.8 Å². The van der Waals surface area contributed by atoms with E-state index >= 15 is 0 Å². The highest BCUT2D eigenvalue weighted by Gasteiger charge is 2.27. The molecule has 2 fully saturated rings. The second-order valence-electron chi connectivity index (χ2n) is 8.62. The molecule has 2 unspecified atom stereocenters. The molecule has 0 radical (unpaired) electrons. The highest BCUT2D eigenvalue weighted by molar-refractivity contribution is 4.83. The summed E-state index contributed by atoms with van der Waals surface area (Å²) in [5.74, 6) is 2.04. The average molecular weight is 323 g/mol. The maximum Gasteiger partial charge on any atom is 0.00697 e. The number of hydrogen-bond donors (Lipinski definition) is 2. The molecule has 136 valence electrons. The van der Waals surface area contributed by atoms with Crippen LogP contribution >= 0.6 is 0 Å². The van der Waals surface area contributed by atoms with Gasteiger partial charge < -0.3 is 10.6 Å². The van der Waals surface area contributed by atoms with Crippen LogP contribution in [0.3, 0.4) is 0 Å². The van der Waals surface area contributed by atoms with Crippen LogP contribution in [0.4, 0.5) is 0 Å². The molecule has 2 atom stereocenters. The first-order valence-electron chi connectivity index (χ1n) is 10.6. The van der Waals surface area contributed by atoms with E-state index in [9.17, 15) is 0 Å².